The molecule has 2 rings (SSSR count). The summed E-state index contributed by atoms with van der Waals surface area (Å²) in [5, 5.41) is 10.1. The SMILES string of the molecule is CC(C)(C)c1ccc(Oc2ccc(Br)cc2)cc1O. The van der Waals surface area contributed by atoms with E-state index >= 15 is 0 Å². The normalized spacial score (nSPS) is 11.4. The van der Waals surface area contributed by atoms with Gasteiger partial charge in [0.05, 0.1) is 0 Å². The molecular weight excluding hydrogens is 304 g/mol. The predicted molar refractivity (Wildman–Crippen MR) is 81.0 cm³/mol. The van der Waals surface area contributed by atoms with Gasteiger partial charge in [0.1, 0.15) is 17.2 Å². The third kappa shape index (κ3) is 3.51. The van der Waals surface area contributed by atoms with E-state index in [4.69, 9.17) is 4.74 Å². The van der Waals surface area contributed by atoms with Gasteiger partial charge in [-0.2, -0.15) is 0 Å². The van der Waals surface area contributed by atoms with E-state index in [-0.39, 0.29) is 11.2 Å². The highest BCUT2D eigenvalue weighted by Gasteiger charge is 2.18. The average molecular weight is 321 g/mol. The van der Waals surface area contributed by atoms with E-state index in [1.54, 1.807) is 6.07 Å². The van der Waals surface area contributed by atoms with Crippen LogP contribution in [-0.4, -0.2) is 5.11 Å². The van der Waals surface area contributed by atoms with Crippen molar-refractivity contribution in [3.05, 3.63) is 52.5 Å². The molecule has 100 valence electrons. The number of ether oxygens (including phenoxy) is 1. The van der Waals surface area contributed by atoms with Crippen LogP contribution in [-0.2, 0) is 5.41 Å². The first-order chi connectivity index (χ1) is 8.86. The molecule has 0 spiro atoms. The molecule has 1 N–H and O–H groups in total. The number of phenolic OH excluding ortho intramolecular Hbond substituents is 1. The van der Waals surface area contributed by atoms with E-state index in [2.05, 4.69) is 36.7 Å². The van der Waals surface area contributed by atoms with Gasteiger partial charge < -0.3 is 9.84 Å². The highest BCUT2D eigenvalue weighted by molar-refractivity contribution is 9.10. The van der Waals surface area contributed by atoms with Crippen LogP contribution in [0, 0.1) is 0 Å². The van der Waals surface area contributed by atoms with Crippen LogP contribution in [0.25, 0.3) is 0 Å². The third-order valence-electron chi connectivity index (χ3n) is 2.83. The summed E-state index contributed by atoms with van der Waals surface area (Å²) >= 11 is 3.38. The number of hydrogen-bond acceptors (Lipinski definition) is 2. The maximum Gasteiger partial charge on any atom is 0.131 e. The molecule has 0 amide bonds. The molecule has 0 heterocycles. The highest BCUT2D eigenvalue weighted by Crippen LogP contribution is 2.34. The van der Waals surface area contributed by atoms with E-state index in [1.165, 1.54) is 0 Å². The van der Waals surface area contributed by atoms with Crippen LogP contribution in [0.4, 0.5) is 0 Å². The molecule has 0 bridgehead atoms. The summed E-state index contributed by atoms with van der Waals surface area (Å²) in [4.78, 5) is 0. The lowest BCUT2D eigenvalue weighted by molar-refractivity contribution is 0.434. The van der Waals surface area contributed by atoms with Gasteiger partial charge in [-0.3, -0.25) is 0 Å². The quantitative estimate of drug-likeness (QED) is 0.819. The van der Waals surface area contributed by atoms with Gasteiger partial charge in [0.2, 0.25) is 0 Å². The van der Waals surface area contributed by atoms with Gasteiger partial charge in [-0.15, -0.1) is 0 Å². The fraction of sp³-hybridized carbons (Fsp3) is 0.250. The van der Waals surface area contributed by atoms with Gasteiger partial charge in [-0.1, -0.05) is 42.8 Å². The van der Waals surface area contributed by atoms with Crippen molar-refractivity contribution in [3.8, 4) is 17.2 Å². The fourth-order valence-corrected chi connectivity index (χ4v) is 2.11. The molecule has 2 nitrogen and oxygen atoms in total. The Kier molecular flexibility index (Phi) is 3.85. The zero-order chi connectivity index (χ0) is 14.0. The summed E-state index contributed by atoms with van der Waals surface area (Å²) < 4.78 is 6.71. The second-order valence-corrected chi connectivity index (χ2v) is 6.40. The highest BCUT2D eigenvalue weighted by atomic mass is 79.9. The smallest absolute Gasteiger partial charge is 0.131 e. The van der Waals surface area contributed by atoms with E-state index in [0.29, 0.717) is 5.75 Å². The van der Waals surface area contributed by atoms with Crippen LogP contribution in [0.3, 0.4) is 0 Å². The maximum absolute atomic E-state index is 10.1. The van der Waals surface area contributed by atoms with Crippen molar-refractivity contribution in [1.82, 2.24) is 0 Å². The molecule has 0 atom stereocenters. The van der Waals surface area contributed by atoms with Crippen molar-refractivity contribution in [3.63, 3.8) is 0 Å². The summed E-state index contributed by atoms with van der Waals surface area (Å²) in [6.45, 7) is 6.20. The van der Waals surface area contributed by atoms with E-state index in [0.717, 1.165) is 15.8 Å². The molecular formula is C16H17BrO2. The lowest BCUT2D eigenvalue weighted by Crippen LogP contribution is -2.11. The zero-order valence-corrected chi connectivity index (χ0v) is 12.9. The summed E-state index contributed by atoms with van der Waals surface area (Å²) in [6, 6.07) is 13.0. The van der Waals surface area contributed by atoms with Crippen LogP contribution in [0.5, 0.6) is 17.2 Å². The minimum atomic E-state index is -0.0831. The molecule has 0 radical (unpaired) electrons. The number of benzene rings is 2. The Hall–Kier alpha value is -1.48. The Balaban J connectivity index is 2.23. The summed E-state index contributed by atoms with van der Waals surface area (Å²) in [7, 11) is 0. The van der Waals surface area contributed by atoms with Crippen molar-refractivity contribution in [2.75, 3.05) is 0 Å². The monoisotopic (exact) mass is 320 g/mol. The van der Waals surface area contributed by atoms with Gasteiger partial charge in [0.25, 0.3) is 0 Å². The molecule has 0 aliphatic rings. The number of halogens is 1. The minimum absolute atomic E-state index is 0.0831. The largest absolute Gasteiger partial charge is 0.508 e. The molecule has 0 aromatic heterocycles. The Labute approximate surface area is 122 Å². The fourth-order valence-electron chi connectivity index (χ4n) is 1.85. The molecule has 19 heavy (non-hydrogen) atoms. The molecule has 0 aliphatic heterocycles. The average Bonchev–Trinajstić information content (AvgIpc) is 2.30. The standard InChI is InChI=1S/C16H17BrO2/c1-16(2,3)14-9-8-13(10-15(14)18)19-12-6-4-11(17)5-7-12/h4-10,18H,1-3H3. The van der Waals surface area contributed by atoms with E-state index in [9.17, 15) is 5.11 Å². The topological polar surface area (TPSA) is 29.5 Å². The third-order valence-corrected chi connectivity index (χ3v) is 3.36. The lowest BCUT2D eigenvalue weighted by atomic mass is 9.86. The first-order valence-electron chi connectivity index (χ1n) is 6.13. The Morgan fingerprint density at radius 1 is 0.947 bits per heavy atom. The van der Waals surface area contributed by atoms with Crippen molar-refractivity contribution < 1.29 is 9.84 Å². The zero-order valence-electron chi connectivity index (χ0n) is 11.3. The van der Waals surface area contributed by atoms with E-state index in [1.807, 2.05) is 36.4 Å². The second-order valence-electron chi connectivity index (χ2n) is 5.48. The molecule has 2 aromatic carbocycles. The molecule has 2 aromatic rings. The molecule has 3 heteroatoms. The van der Waals surface area contributed by atoms with Crippen LogP contribution in [0.2, 0.25) is 0 Å². The molecule has 0 saturated carbocycles. The minimum Gasteiger partial charge on any atom is -0.508 e. The summed E-state index contributed by atoms with van der Waals surface area (Å²) in [5.41, 5.74) is 0.830. The van der Waals surface area contributed by atoms with Gasteiger partial charge in [0, 0.05) is 10.5 Å². The van der Waals surface area contributed by atoms with Crippen molar-refractivity contribution >= 4 is 15.9 Å². The van der Waals surface area contributed by atoms with Gasteiger partial charge in [-0.25, -0.2) is 0 Å². The first kappa shape index (κ1) is 13.9. The first-order valence-corrected chi connectivity index (χ1v) is 6.92. The van der Waals surface area contributed by atoms with Crippen LogP contribution in [0.15, 0.2) is 46.9 Å². The van der Waals surface area contributed by atoms with Gasteiger partial charge >= 0.3 is 0 Å². The van der Waals surface area contributed by atoms with Crippen molar-refractivity contribution in [2.24, 2.45) is 0 Å². The van der Waals surface area contributed by atoms with Crippen LogP contribution >= 0.6 is 15.9 Å². The Morgan fingerprint density at radius 2 is 1.53 bits per heavy atom. The number of rotatable bonds is 2. The van der Waals surface area contributed by atoms with Gasteiger partial charge in [0.15, 0.2) is 0 Å². The Bertz CT molecular complexity index is 568. The van der Waals surface area contributed by atoms with Gasteiger partial charge in [-0.05, 0) is 41.3 Å². The van der Waals surface area contributed by atoms with Crippen molar-refractivity contribution in [2.45, 2.75) is 26.2 Å². The van der Waals surface area contributed by atoms with Crippen LogP contribution in [0.1, 0.15) is 26.3 Å². The second kappa shape index (κ2) is 5.25. The summed E-state index contributed by atoms with van der Waals surface area (Å²) in [6.07, 6.45) is 0. The molecule has 0 saturated heterocycles. The predicted octanol–water partition coefficient (Wildman–Crippen LogP) is 5.24. The lowest BCUT2D eigenvalue weighted by Gasteiger charge is -2.20. The van der Waals surface area contributed by atoms with Crippen molar-refractivity contribution in [1.29, 1.82) is 0 Å². The molecule has 0 aliphatic carbocycles. The number of phenols is 1. The molecule has 0 fully saturated rings. The number of hydrogen-bond donors (Lipinski definition) is 1. The number of aromatic hydroxyl groups is 1. The van der Waals surface area contributed by atoms with E-state index < -0.39 is 0 Å². The summed E-state index contributed by atoms with van der Waals surface area (Å²) in [5.74, 6) is 1.64. The van der Waals surface area contributed by atoms with Crippen LogP contribution < -0.4 is 4.74 Å². The maximum atomic E-state index is 10.1. The molecule has 0 unspecified atom stereocenters. The Morgan fingerprint density at radius 3 is 2.05 bits per heavy atom.